The summed E-state index contributed by atoms with van der Waals surface area (Å²) in [5.41, 5.74) is 0. The van der Waals surface area contributed by atoms with Gasteiger partial charge in [-0.2, -0.15) is 0 Å². The molecular formula is C52H42Cl2O2P4PdRu. The Morgan fingerprint density at radius 2 is 0.468 bits per heavy atom. The van der Waals surface area contributed by atoms with Crippen molar-refractivity contribution in [2.24, 2.45) is 0 Å². The summed E-state index contributed by atoms with van der Waals surface area (Å²) in [6.45, 7) is 0. The summed E-state index contributed by atoms with van der Waals surface area (Å²) < 4.78 is 0.0814. The monoisotopic (exact) mass is 1100 g/mol. The fourth-order valence-corrected chi connectivity index (χ4v) is 33.6. The Labute approximate surface area is 400 Å². The molecule has 10 heteroatoms. The van der Waals surface area contributed by atoms with Crippen molar-refractivity contribution in [3.63, 3.8) is 0 Å². The van der Waals surface area contributed by atoms with Gasteiger partial charge in [0, 0.05) is 0 Å². The van der Waals surface area contributed by atoms with Gasteiger partial charge >= 0.3 is 392 Å². The van der Waals surface area contributed by atoms with Gasteiger partial charge in [0.1, 0.15) is 0 Å². The molecule has 0 bridgehead atoms. The van der Waals surface area contributed by atoms with Gasteiger partial charge in [-0.05, 0) is 0 Å². The summed E-state index contributed by atoms with van der Waals surface area (Å²) in [6.07, 6.45) is 0. The van der Waals surface area contributed by atoms with Gasteiger partial charge in [0.25, 0.3) is 0 Å². The van der Waals surface area contributed by atoms with E-state index >= 15 is 0 Å². The molecule has 8 aromatic rings. The molecule has 0 saturated heterocycles. The predicted molar refractivity (Wildman–Crippen MR) is 260 cm³/mol. The van der Waals surface area contributed by atoms with Gasteiger partial charge in [0.05, 0.1) is 0 Å². The first-order valence-corrected chi connectivity index (χ1v) is 28.3. The van der Waals surface area contributed by atoms with E-state index < -0.39 is 41.2 Å². The number of hydrogen-bond acceptors (Lipinski definition) is 2. The predicted octanol–water partition coefficient (Wildman–Crippen LogP) is 7.00. The van der Waals surface area contributed by atoms with Crippen molar-refractivity contribution < 1.29 is 58.3 Å². The topological polar surface area (TPSA) is 34.1 Å². The van der Waals surface area contributed by atoms with Crippen molar-refractivity contribution in [2.45, 2.75) is 7.99 Å². The Morgan fingerprint density at radius 3 is 0.581 bits per heavy atom. The van der Waals surface area contributed by atoms with E-state index in [1.165, 1.54) is 42.4 Å². The second kappa shape index (κ2) is 25.2. The van der Waals surface area contributed by atoms with E-state index in [2.05, 4.69) is 273 Å². The van der Waals surface area contributed by atoms with E-state index in [0.717, 1.165) is 0 Å². The number of carbonyl (C=O) groups is 2. The van der Waals surface area contributed by atoms with Crippen LogP contribution in [0.5, 0.6) is 0 Å². The minimum absolute atomic E-state index is 0. The van der Waals surface area contributed by atoms with Gasteiger partial charge in [-0.25, -0.2) is 0 Å². The van der Waals surface area contributed by atoms with E-state index in [4.69, 9.17) is 0 Å². The molecule has 0 spiro atoms. The first-order valence-electron chi connectivity index (χ1n) is 19.5. The molecule has 0 heterocycles. The summed E-state index contributed by atoms with van der Waals surface area (Å²) in [4.78, 5) is 19.1. The van der Waals surface area contributed by atoms with Crippen LogP contribution in [-0.2, 0) is 45.9 Å². The van der Waals surface area contributed by atoms with Crippen molar-refractivity contribution in [3.05, 3.63) is 243 Å². The summed E-state index contributed by atoms with van der Waals surface area (Å²) >= 11 is 6.40. The molecule has 62 heavy (non-hydrogen) atoms. The summed E-state index contributed by atoms with van der Waals surface area (Å²) in [6, 6.07) is 92.2. The fraction of sp³-hybridized carbons (Fsp3) is 0.0385. The van der Waals surface area contributed by atoms with Crippen LogP contribution in [0.3, 0.4) is 0 Å². The second-order valence-corrected chi connectivity index (χ2v) is 30.1. The number of rotatable bonds is 15. The van der Waals surface area contributed by atoms with Crippen LogP contribution in [0.15, 0.2) is 243 Å². The standard InChI is InChI=1S/2C25H21P2.C2ClO2.ClH.Pd.Ru/c2*1-5-13-22(14-6-1)26(23-15-7-2-8-16-23)21-27(24-17-9-3-10-18-24)25-19-11-4-12-20-25;3-2(5)1-4;;;/h2*1-21H;;1H;;/q;;;;+1;/p-1. The minimum atomic E-state index is -0.974. The Hall–Kier alpha value is -3.31. The van der Waals surface area contributed by atoms with Gasteiger partial charge in [0.2, 0.25) is 0 Å². The summed E-state index contributed by atoms with van der Waals surface area (Å²) in [7, 11) is -3.08. The molecule has 2 nitrogen and oxygen atoms in total. The second-order valence-electron chi connectivity index (χ2n) is 13.4. The van der Waals surface area contributed by atoms with Crippen LogP contribution in [0.2, 0.25) is 0 Å². The zero-order valence-corrected chi connectivity index (χ0v) is 41.7. The summed E-state index contributed by atoms with van der Waals surface area (Å²) in [5.74, 6) is 0. The van der Waals surface area contributed by atoms with Gasteiger partial charge in [0.15, 0.2) is 0 Å². The van der Waals surface area contributed by atoms with Crippen LogP contribution in [-0.4, -0.2) is 17.5 Å². The Kier molecular flexibility index (Phi) is 19.6. The molecule has 0 N–H and O–H groups in total. The molecule has 0 fully saturated rings. The quantitative estimate of drug-likeness (QED) is 0.0481. The first kappa shape index (κ1) is 48.1. The Balaban J connectivity index is 0.000000856. The van der Waals surface area contributed by atoms with Crippen molar-refractivity contribution >= 4 is 95.2 Å². The van der Waals surface area contributed by atoms with Crippen LogP contribution in [0, 0.1) is 0 Å². The molecule has 0 amide bonds. The van der Waals surface area contributed by atoms with E-state index in [1.807, 2.05) is 0 Å². The average Bonchev–Trinajstić information content (AvgIpc) is 3.32. The third-order valence-corrected chi connectivity index (χ3v) is 30.4. The van der Waals surface area contributed by atoms with Gasteiger partial charge in [-0.1, -0.05) is 0 Å². The van der Waals surface area contributed by atoms with Crippen molar-refractivity contribution in [3.8, 4) is 0 Å². The average molecular weight is 1100 g/mol. The molecule has 0 unspecified atom stereocenters. The number of benzene rings is 8. The third kappa shape index (κ3) is 12.9. The molecule has 0 aromatic heterocycles. The first-order chi connectivity index (χ1) is 30.0. The molecule has 0 atom stereocenters. The van der Waals surface area contributed by atoms with Crippen molar-refractivity contribution in [2.75, 3.05) is 0 Å². The van der Waals surface area contributed by atoms with E-state index in [9.17, 15) is 9.59 Å². The fourth-order valence-electron chi connectivity index (χ4n) is 6.80. The number of carbonyl (C=O) groups excluding carboxylic acids is 2. The van der Waals surface area contributed by atoms with Gasteiger partial charge < -0.3 is 12.4 Å². The molecule has 0 radical (unpaired) electrons. The third-order valence-electron chi connectivity index (χ3n) is 9.46. The molecule has 314 valence electrons. The normalized spacial score (nSPS) is 11.1. The van der Waals surface area contributed by atoms with Gasteiger partial charge in [-0.15, -0.1) is 0 Å². The van der Waals surface area contributed by atoms with Crippen molar-refractivity contribution in [1.82, 2.24) is 0 Å². The van der Waals surface area contributed by atoms with Crippen LogP contribution < -0.4 is 54.8 Å². The van der Waals surface area contributed by atoms with E-state index in [0.29, 0.717) is 7.99 Å². The number of halogens is 2. The van der Waals surface area contributed by atoms with Gasteiger partial charge in [-0.3, -0.25) is 0 Å². The molecule has 0 saturated carbocycles. The molecule has 8 rings (SSSR count). The van der Waals surface area contributed by atoms with Crippen LogP contribution in [0.25, 0.3) is 0 Å². The molecule has 0 aliphatic heterocycles. The maximum atomic E-state index is 9.60. The molecular weight excluding hydrogens is 1060 g/mol. The maximum absolute atomic E-state index is 9.60. The van der Waals surface area contributed by atoms with Crippen LogP contribution >= 0.6 is 43.3 Å². The summed E-state index contributed by atoms with van der Waals surface area (Å²) in [5, 5.41) is 10.8. The zero-order valence-electron chi connectivity index (χ0n) is 33.3. The molecule has 0 aliphatic rings. The Bertz CT molecular complexity index is 2030. The zero-order chi connectivity index (χ0) is 42.2. The number of hydrogen-bond donors (Lipinski definition) is 0. The van der Waals surface area contributed by atoms with Crippen molar-refractivity contribution in [1.29, 1.82) is 0 Å². The van der Waals surface area contributed by atoms with E-state index in [-0.39, 0.29) is 29.5 Å². The van der Waals surface area contributed by atoms with Crippen LogP contribution in [0.4, 0.5) is 0 Å². The van der Waals surface area contributed by atoms with Crippen LogP contribution in [0.1, 0.15) is 0 Å². The molecule has 8 aromatic carbocycles. The molecule has 0 aliphatic carbocycles. The SMILES string of the molecule is O=C(Cl)[C](=O)[Pd+].[Cl-].c1ccc(P(c2ccccc2)[CH]([Ru][CH](P(c2ccccc2)c2ccccc2)P(c2ccccc2)c2ccccc2)P(c2ccccc2)c2ccccc2)cc1. The Morgan fingerprint density at radius 1 is 0.339 bits per heavy atom. The van der Waals surface area contributed by atoms with E-state index in [1.54, 1.807) is 0 Å².